The van der Waals surface area contributed by atoms with Crippen molar-refractivity contribution in [2.45, 2.75) is 256 Å². The Bertz CT molecular complexity index is 1470. The summed E-state index contributed by atoms with van der Waals surface area (Å²) < 4.78 is 37.3. The molecule has 0 aromatic carbocycles. The fourth-order valence-corrected chi connectivity index (χ4v) is 11.7. The van der Waals surface area contributed by atoms with E-state index in [4.69, 9.17) is 48.1 Å². The van der Waals surface area contributed by atoms with Gasteiger partial charge in [-0.15, -0.1) is 0 Å². The van der Waals surface area contributed by atoms with Crippen LogP contribution in [0.15, 0.2) is 12.2 Å². The lowest BCUT2D eigenvalue weighted by Gasteiger charge is -2.45. The molecule has 11 heteroatoms. The van der Waals surface area contributed by atoms with Gasteiger partial charge < -0.3 is 53.2 Å². The van der Waals surface area contributed by atoms with Crippen LogP contribution >= 0.6 is 0 Å². The van der Waals surface area contributed by atoms with Gasteiger partial charge >= 0.3 is 0 Å². The van der Waals surface area contributed by atoms with Gasteiger partial charge in [0.1, 0.15) is 11.7 Å². The second kappa shape index (κ2) is 19.9. The van der Waals surface area contributed by atoms with Gasteiger partial charge in [-0.25, -0.2) is 19.7 Å². The molecule has 0 radical (unpaired) electrons. The fraction of sp³-hybridized carbons (Fsp3) is 0.896. The Morgan fingerprint density at radius 1 is 0.593 bits per heavy atom. The fourth-order valence-electron chi connectivity index (χ4n) is 11.7. The van der Waals surface area contributed by atoms with Gasteiger partial charge in [0.15, 0.2) is 0 Å². The van der Waals surface area contributed by atoms with Crippen LogP contribution in [0.3, 0.4) is 0 Å². The van der Waals surface area contributed by atoms with E-state index < -0.39 is 17.8 Å². The van der Waals surface area contributed by atoms with Crippen molar-refractivity contribution < 1.29 is 38.6 Å². The van der Waals surface area contributed by atoms with Crippen LogP contribution in [0.4, 0.5) is 0 Å². The number of rotatable bonds is 6. The Kier molecular flexibility index (Phi) is 16.7. The number of aliphatic hydroxyl groups is 2. The second-order valence-corrected chi connectivity index (χ2v) is 19.3. The van der Waals surface area contributed by atoms with Gasteiger partial charge in [0.2, 0.25) is 18.1 Å². The standard InChI is InChI=1S/C16H25NO2.C15H21NO2.C14H21NO4.3CH4/c1-10-8-16-9-14(12(10)3)18-15(16)6-5-13(19-16)7-11(2)17-4;1-10-6-7-15-9-13(10)17-14(15)5-4-12(18-15)8-11(2)16-3;1-8(15-2)5-9-3-4-12-14(19-9)6-10(16)13(17)11(7-14)18-12;;;/h10-15H,5-9H2,1-3H3;6-7,10-14H,4-5,8-9H2,1-2H3;8-13,16-17H,3-7H2,1H3;3*1H4/t10-,11-,12-,13?,14-,15+,16+;10-,11-,12?,13-,14+,15+;8-,9?,10-,11-,12+,13-,14+;;;/m111.../s1. The summed E-state index contributed by atoms with van der Waals surface area (Å²) in [7, 11) is 0. The van der Waals surface area contributed by atoms with Crippen LogP contribution in [-0.2, 0) is 28.4 Å². The Morgan fingerprint density at radius 3 is 1.59 bits per heavy atom. The van der Waals surface area contributed by atoms with E-state index in [1.165, 1.54) is 0 Å². The third-order valence-corrected chi connectivity index (χ3v) is 15.0. The van der Waals surface area contributed by atoms with Crippen molar-refractivity contribution in [3.63, 3.8) is 0 Å². The number of nitrogens with zero attached hydrogens (tertiary/aromatic N) is 3. The number of aliphatic hydroxyl groups excluding tert-OH is 2. The van der Waals surface area contributed by atoms with Crippen LogP contribution in [0.2, 0.25) is 0 Å². The zero-order valence-corrected chi connectivity index (χ0v) is 34.6. The number of hydrogen-bond donors (Lipinski definition) is 2. The third-order valence-electron chi connectivity index (χ3n) is 15.0. The van der Waals surface area contributed by atoms with E-state index in [-0.39, 0.29) is 88.2 Å². The molecule has 6 saturated heterocycles. The minimum absolute atomic E-state index is 0. The number of fused-ring (bicyclic) bond motifs is 3. The topological polar surface area (TPSA) is 109 Å². The molecule has 2 N–H and O–H groups in total. The summed E-state index contributed by atoms with van der Waals surface area (Å²) in [6.45, 7) is 34.0. The Balaban J connectivity index is 0.000000191. The molecule has 3 aliphatic carbocycles. The minimum Gasteiger partial charge on any atom is -0.390 e. The molecule has 9 aliphatic rings. The molecule has 9 rings (SSSR count). The average molecular weight is 826 g/mol. The molecule has 6 bridgehead atoms. The second-order valence-electron chi connectivity index (χ2n) is 19.3. The smallest absolute Gasteiger partial charge is 0.223 e. The van der Waals surface area contributed by atoms with Crippen LogP contribution in [-0.4, -0.2) is 112 Å². The molecule has 0 aromatic rings. The maximum Gasteiger partial charge on any atom is 0.223 e. The summed E-state index contributed by atoms with van der Waals surface area (Å²) in [6.07, 6.45) is 17.3. The summed E-state index contributed by atoms with van der Waals surface area (Å²) in [5, 5.41) is 19.8. The highest BCUT2D eigenvalue weighted by atomic mass is 16.6. The predicted molar refractivity (Wildman–Crippen MR) is 230 cm³/mol. The van der Waals surface area contributed by atoms with Crippen molar-refractivity contribution >= 4 is 0 Å². The van der Waals surface area contributed by atoms with Crippen molar-refractivity contribution in [3.05, 3.63) is 46.4 Å². The lowest BCUT2D eigenvalue weighted by molar-refractivity contribution is -0.178. The summed E-state index contributed by atoms with van der Waals surface area (Å²) >= 11 is 0. The molecule has 0 amide bonds. The largest absolute Gasteiger partial charge is 0.390 e. The molecule has 20 atom stereocenters. The van der Waals surface area contributed by atoms with E-state index in [9.17, 15) is 10.2 Å². The highest BCUT2D eigenvalue weighted by Crippen LogP contribution is 2.54. The zero-order chi connectivity index (χ0) is 40.0. The van der Waals surface area contributed by atoms with Crippen LogP contribution < -0.4 is 0 Å². The zero-order valence-electron chi connectivity index (χ0n) is 34.6. The number of hydrogen-bond acceptors (Lipinski definition) is 8. The molecule has 6 aliphatic heterocycles. The highest BCUT2D eigenvalue weighted by Gasteiger charge is 2.61. The third kappa shape index (κ3) is 10.1. The Morgan fingerprint density at radius 2 is 1.05 bits per heavy atom. The average Bonchev–Trinajstić information content (AvgIpc) is 3.80. The molecule has 3 spiro atoms. The number of ether oxygens (including phenoxy) is 6. The molecule has 334 valence electrons. The van der Waals surface area contributed by atoms with Gasteiger partial charge in [-0.05, 0) is 56.8 Å². The maximum absolute atomic E-state index is 9.95. The van der Waals surface area contributed by atoms with Crippen LogP contribution in [0.5, 0.6) is 0 Å². The molecule has 59 heavy (non-hydrogen) atoms. The minimum atomic E-state index is -0.791. The van der Waals surface area contributed by atoms with Crippen molar-refractivity contribution in [1.82, 2.24) is 0 Å². The lowest BCUT2D eigenvalue weighted by Crippen LogP contribution is -2.54. The van der Waals surface area contributed by atoms with Gasteiger partial charge in [0.05, 0.1) is 72.2 Å². The first kappa shape index (κ1) is 49.5. The molecule has 8 fully saturated rings. The molecule has 2 saturated carbocycles. The van der Waals surface area contributed by atoms with Gasteiger partial charge in [-0.3, -0.25) is 0 Å². The Hall–Kier alpha value is -2.11. The quantitative estimate of drug-likeness (QED) is 0.202. The van der Waals surface area contributed by atoms with Crippen molar-refractivity contribution in [1.29, 1.82) is 0 Å². The molecule has 3 unspecified atom stereocenters. The van der Waals surface area contributed by atoms with E-state index >= 15 is 0 Å². The van der Waals surface area contributed by atoms with E-state index in [1.807, 2.05) is 20.8 Å². The van der Waals surface area contributed by atoms with Crippen LogP contribution in [0, 0.1) is 37.5 Å². The monoisotopic (exact) mass is 826 g/mol. The normalized spacial score (nSPS) is 46.9. The van der Waals surface area contributed by atoms with E-state index in [2.05, 4.69) is 47.5 Å². The summed E-state index contributed by atoms with van der Waals surface area (Å²) in [5.74, 6) is 1.84. The summed E-state index contributed by atoms with van der Waals surface area (Å²) in [6, 6.07) is 0.110. The molecule has 11 nitrogen and oxygen atoms in total. The van der Waals surface area contributed by atoms with Crippen molar-refractivity contribution in [2.24, 2.45) is 17.8 Å². The van der Waals surface area contributed by atoms with Gasteiger partial charge in [-0.1, -0.05) is 55.2 Å². The first-order valence-electron chi connectivity index (χ1n) is 21.9. The molecular formula is C48H79N3O8. The first-order valence-corrected chi connectivity index (χ1v) is 21.9. The maximum atomic E-state index is 9.95. The lowest BCUT2D eigenvalue weighted by atomic mass is 9.70. The Labute approximate surface area is 357 Å². The predicted octanol–water partition coefficient (Wildman–Crippen LogP) is 9.19. The van der Waals surface area contributed by atoms with Crippen LogP contribution in [0.1, 0.15) is 154 Å². The van der Waals surface area contributed by atoms with Gasteiger partial charge in [-0.2, -0.15) is 0 Å². The first-order chi connectivity index (χ1) is 26.7. The summed E-state index contributed by atoms with van der Waals surface area (Å²) in [4.78, 5) is 10.7. The van der Waals surface area contributed by atoms with Crippen LogP contribution in [0.25, 0.3) is 14.5 Å². The van der Waals surface area contributed by atoms with E-state index in [0.29, 0.717) is 48.9 Å². The van der Waals surface area contributed by atoms with Crippen molar-refractivity contribution in [2.75, 3.05) is 0 Å². The SMILES string of the molecule is C.C.C.[C-]#[N+][C@H](C)CC1CC[C@@H]2O[C@@H]3C[C@]2(C=C[C@H]3C)O1.[C-]#[N+][C@H](C)CC1CC[C@@H]2O[C@@H]3C[C@]2(C[C@@H](C)[C@H]3C)O1.[C-]#[N+][C@H](C)CC1CC[C@@H]2O[C@@H]3C[C@]2(C[C@@H](O)[C@H]3O)O1. The molecule has 0 aromatic heterocycles. The van der Waals surface area contributed by atoms with E-state index in [0.717, 1.165) is 77.0 Å². The van der Waals surface area contributed by atoms with E-state index in [1.54, 1.807) is 0 Å². The highest BCUT2D eigenvalue weighted by molar-refractivity contribution is 5.20. The molecular weight excluding hydrogens is 747 g/mol. The summed E-state index contributed by atoms with van der Waals surface area (Å²) in [5.41, 5.74) is -0.642. The van der Waals surface area contributed by atoms with Crippen molar-refractivity contribution in [3.8, 4) is 0 Å². The van der Waals surface area contributed by atoms with Gasteiger partial charge in [0, 0.05) is 71.6 Å². The molecule has 6 heterocycles. The van der Waals surface area contributed by atoms with Gasteiger partial charge in [0.25, 0.3) is 0 Å².